The highest BCUT2D eigenvalue weighted by Crippen LogP contribution is 2.27. The number of nitrogens with one attached hydrogen (secondary N) is 2. The van der Waals surface area contributed by atoms with Crippen LogP contribution in [0.2, 0.25) is 0 Å². The SMILES string of the molecule is CC(C)c1cn(C(C)C)nc1Nc1nc(C(=O)NS(=O)(=O)N2CCCC2)co1. The molecule has 1 amide bonds. The summed E-state index contributed by atoms with van der Waals surface area (Å²) >= 11 is 0. The van der Waals surface area contributed by atoms with Crippen LogP contribution in [0.1, 0.15) is 68.5 Å². The molecule has 1 saturated heterocycles. The van der Waals surface area contributed by atoms with E-state index in [-0.39, 0.29) is 23.7 Å². The highest BCUT2D eigenvalue weighted by molar-refractivity contribution is 7.87. The van der Waals surface area contributed by atoms with Crippen LogP contribution in [0.5, 0.6) is 0 Å². The third kappa shape index (κ3) is 4.36. The molecule has 2 aromatic heterocycles. The molecule has 3 heterocycles. The zero-order valence-corrected chi connectivity index (χ0v) is 17.3. The van der Waals surface area contributed by atoms with Crippen molar-refractivity contribution in [1.29, 1.82) is 0 Å². The number of hydrogen-bond donors (Lipinski definition) is 2. The van der Waals surface area contributed by atoms with E-state index in [4.69, 9.17) is 4.42 Å². The number of hydrogen-bond acceptors (Lipinski definition) is 7. The van der Waals surface area contributed by atoms with Crippen LogP contribution in [0, 0.1) is 0 Å². The molecule has 11 heteroatoms. The molecule has 0 aromatic carbocycles. The van der Waals surface area contributed by atoms with Gasteiger partial charge in [0.25, 0.3) is 5.91 Å². The predicted molar refractivity (Wildman–Crippen MR) is 104 cm³/mol. The molecule has 0 bridgehead atoms. The van der Waals surface area contributed by atoms with Gasteiger partial charge >= 0.3 is 16.2 Å². The summed E-state index contributed by atoms with van der Waals surface area (Å²) in [6, 6.07) is 0.259. The quantitative estimate of drug-likeness (QED) is 0.718. The lowest BCUT2D eigenvalue weighted by atomic mass is 10.1. The first-order valence-corrected chi connectivity index (χ1v) is 10.7. The van der Waals surface area contributed by atoms with Gasteiger partial charge in [0.1, 0.15) is 6.26 Å². The molecule has 2 N–H and O–H groups in total. The van der Waals surface area contributed by atoms with Crippen molar-refractivity contribution < 1.29 is 17.6 Å². The van der Waals surface area contributed by atoms with E-state index in [2.05, 4.69) is 15.4 Å². The number of amides is 1. The fraction of sp³-hybridized carbons (Fsp3) is 0.588. The lowest BCUT2D eigenvalue weighted by Crippen LogP contribution is -2.42. The minimum atomic E-state index is -3.87. The first-order chi connectivity index (χ1) is 13.2. The second kappa shape index (κ2) is 7.92. The standard InChI is InChI=1S/C17H26N6O4S/c1-11(2)13-9-23(12(3)4)20-15(13)19-17-18-14(10-27-17)16(24)21-28(25,26)22-7-5-6-8-22/h9-12H,5-8H2,1-4H3,(H,21,24)(H,18,19,20). The fourth-order valence-electron chi connectivity index (χ4n) is 2.89. The van der Waals surface area contributed by atoms with Gasteiger partial charge in [-0.05, 0) is 32.6 Å². The minimum absolute atomic E-state index is 0.0691. The summed E-state index contributed by atoms with van der Waals surface area (Å²) in [5.74, 6) is -0.0268. The second-order valence-corrected chi connectivity index (χ2v) is 9.04. The number of carbonyl (C=O) groups excluding carboxylic acids is 1. The van der Waals surface area contributed by atoms with Gasteiger partial charge in [-0.3, -0.25) is 14.8 Å². The topological polar surface area (TPSA) is 122 Å². The van der Waals surface area contributed by atoms with Gasteiger partial charge in [0.2, 0.25) is 0 Å². The van der Waals surface area contributed by atoms with Crippen molar-refractivity contribution in [3.8, 4) is 0 Å². The molecule has 1 aliphatic heterocycles. The molecular formula is C17H26N6O4S. The summed E-state index contributed by atoms with van der Waals surface area (Å²) in [4.78, 5) is 16.3. The Bertz CT molecular complexity index is 941. The van der Waals surface area contributed by atoms with Crippen LogP contribution in [0.25, 0.3) is 0 Å². The first kappa shape index (κ1) is 20.3. The van der Waals surface area contributed by atoms with Crippen LogP contribution in [-0.2, 0) is 10.2 Å². The van der Waals surface area contributed by atoms with E-state index < -0.39 is 16.1 Å². The summed E-state index contributed by atoms with van der Waals surface area (Å²) < 4.78 is 34.8. The van der Waals surface area contributed by atoms with Crippen molar-refractivity contribution in [3.05, 3.63) is 23.7 Å². The average molecular weight is 411 g/mol. The molecule has 0 radical (unpaired) electrons. The van der Waals surface area contributed by atoms with E-state index in [1.54, 1.807) is 0 Å². The smallest absolute Gasteiger partial charge is 0.304 e. The van der Waals surface area contributed by atoms with Gasteiger partial charge in [-0.1, -0.05) is 13.8 Å². The van der Waals surface area contributed by atoms with Gasteiger partial charge in [-0.2, -0.15) is 22.8 Å². The van der Waals surface area contributed by atoms with E-state index in [0.29, 0.717) is 18.9 Å². The normalized spacial score (nSPS) is 15.5. The third-order valence-corrected chi connectivity index (χ3v) is 5.99. The summed E-state index contributed by atoms with van der Waals surface area (Å²) in [7, 11) is -3.87. The zero-order chi connectivity index (χ0) is 20.5. The van der Waals surface area contributed by atoms with Gasteiger partial charge in [-0.15, -0.1) is 0 Å². The number of carbonyl (C=O) groups is 1. The number of anilines is 2. The number of nitrogens with zero attached hydrogens (tertiary/aromatic N) is 4. The average Bonchev–Trinajstić information content (AvgIpc) is 3.35. The van der Waals surface area contributed by atoms with E-state index in [1.807, 2.05) is 43.3 Å². The Hall–Kier alpha value is -2.40. The number of rotatable bonds is 7. The molecule has 1 aliphatic rings. The molecule has 10 nitrogen and oxygen atoms in total. The van der Waals surface area contributed by atoms with Crippen molar-refractivity contribution in [3.63, 3.8) is 0 Å². The van der Waals surface area contributed by atoms with Crippen LogP contribution < -0.4 is 10.0 Å². The van der Waals surface area contributed by atoms with Gasteiger partial charge in [0, 0.05) is 30.9 Å². The maximum atomic E-state index is 12.3. The van der Waals surface area contributed by atoms with Crippen molar-refractivity contribution in [2.24, 2.45) is 0 Å². The van der Waals surface area contributed by atoms with Gasteiger partial charge in [0.15, 0.2) is 11.5 Å². The van der Waals surface area contributed by atoms with Crippen LogP contribution in [-0.4, -0.2) is 46.5 Å². The summed E-state index contributed by atoms with van der Waals surface area (Å²) in [5, 5.41) is 7.47. The van der Waals surface area contributed by atoms with Crippen molar-refractivity contribution in [2.45, 2.75) is 52.5 Å². The largest absolute Gasteiger partial charge is 0.431 e. The van der Waals surface area contributed by atoms with Gasteiger partial charge in [0.05, 0.1) is 0 Å². The maximum absolute atomic E-state index is 12.3. The number of oxazole rings is 1. The van der Waals surface area contributed by atoms with Gasteiger partial charge in [-0.25, -0.2) is 4.72 Å². The predicted octanol–water partition coefficient (Wildman–Crippen LogP) is 2.39. The minimum Gasteiger partial charge on any atom is -0.431 e. The molecular weight excluding hydrogens is 384 g/mol. The second-order valence-electron chi connectivity index (χ2n) is 7.37. The molecule has 0 atom stereocenters. The highest BCUT2D eigenvalue weighted by Gasteiger charge is 2.28. The first-order valence-electron chi connectivity index (χ1n) is 9.31. The maximum Gasteiger partial charge on any atom is 0.304 e. The molecule has 28 heavy (non-hydrogen) atoms. The molecule has 2 aromatic rings. The van der Waals surface area contributed by atoms with Crippen LogP contribution in [0.15, 0.2) is 16.9 Å². The number of aromatic nitrogens is 3. The summed E-state index contributed by atoms with van der Waals surface area (Å²) in [6.45, 7) is 8.95. The molecule has 0 spiro atoms. The summed E-state index contributed by atoms with van der Waals surface area (Å²) in [5.41, 5.74) is 0.856. The molecule has 0 aliphatic carbocycles. The van der Waals surface area contributed by atoms with Crippen molar-refractivity contribution >= 4 is 27.9 Å². The molecule has 0 saturated carbocycles. The van der Waals surface area contributed by atoms with E-state index in [1.165, 1.54) is 4.31 Å². The van der Waals surface area contributed by atoms with E-state index >= 15 is 0 Å². The lowest BCUT2D eigenvalue weighted by Gasteiger charge is -2.14. The Kier molecular flexibility index (Phi) is 5.75. The molecule has 3 rings (SSSR count). The Morgan fingerprint density at radius 3 is 2.50 bits per heavy atom. The Morgan fingerprint density at radius 1 is 1.21 bits per heavy atom. The van der Waals surface area contributed by atoms with Crippen molar-refractivity contribution in [2.75, 3.05) is 18.4 Å². The Labute approximate surface area is 164 Å². The third-order valence-electron chi connectivity index (χ3n) is 4.50. The van der Waals surface area contributed by atoms with Crippen LogP contribution in [0.3, 0.4) is 0 Å². The highest BCUT2D eigenvalue weighted by atomic mass is 32.2. The van der Waals surface area contributed by atoms with E-state index in [9.17, 15) is 13.2 Å². The fourth-order valence-corrected chi connectivity index (χ4v) is 4.10. The Morgan fingerprint density at radius 2 is 1.89 bits per heavy atom. The monoisotopic (exact) mass is 410 g/mol. The summed E-state index contributed by atoms with van der Waals surface area (Å²) in [6.07, 6.45) is 4.64. The van der Waals surface area contributed by atoms with Gasteiger partial charge < -0.3 is 4.42 Å². The van der Waals surface area contributed by atoms with E-state index in [0.717, 1.165) is 24.7 Å². The lowest BCUT2D eigenvalue weighted by molar-refractivity contribution is 0.0974. The molecule has 1 fully saturated rings. The van der Waals surface area contributed by atoms with Crippen LogP contribution in [0.4, 0.5) is 11.8 Å². The van der Waals surface area contributed by atoms with Crippen molar-refractivity contribution in [1.82, 2.24) is 23.8 Å². The Balaban J connectivity index is 1.73. The molecule has 0 unspecified atom stereocenters. The molecule has 154 valence electrons. The zero-order valence-electron chi connectivity index (χ0n) is 16.5. The van der Waals surface area contributed by atoms with Crippen LogP contribution >= 0.6 is 0 Å².